The number of carbonyl (C=O) groups is 1. The van der Waals surface area contributed by atoms with Crippen LogP contribution in [0.2, 0.25) is 5.02 Å². The average molecular weight is 301 g/mol. The van der Waals surface area contributed by atoms with Crippen LogP contribution in [-0.4, -0.2) is 10.9 Å². The van der Waals surface area contributed by atoms with Crippen LogP contribution in [0.1, 0.15) is 30.5 Å². The first-order chi connectivity index (χ1) is 10.1. The number of hydrogen-bond acceptors (Lipinski definition) is 2. The molecule has 3 nitrogen and oxygen atoms in total. The predicted octanol–water partition coefficient (Wildman–Crippen LogP) is 4.10. The second-order valence-corrected chi connectivity index (χ2v) is 6.00. The summed E-state index contributed by atoms with van der Waals surface area (Å²) < 4.78 is 0. The number of pyridine rings is 1. The minimum atomic E-state index is -0.435. The van der Waals surface area contributed by atoms with Gasteiger partial charge in [0.2, 0.25) is 5.91 Å². The van der Waals surface area contributed by atoms with Gasteiger partial charge in [-0.3, -0.25) is 4.79 Å². The number of hydrogen-bond donors (Lipinski definition) is 1. The molecule has 0 unspecified atom stereocenters. The summed E-state index contributed by atoms with van der Waals surface area (Å²) in [7, 11) is 0. The van der Waals surface area contributed by atoms with Crippen LogP contribution in [0.15, 0.2) is 42.5 Å². The van der Waals surface area contributed by atoms with Crippen molar-refractivity contribution >= 4 is 23.3 Å². The van der Waals surface area contributed by atoms with Gasteiger partial charge in [0.25, 0.3) is 0 Å². The monoisotopic (exact) mass is 300 g/mol. The number of anilines is 1. The van der Waals surface area contributed by atoms with Crippen molar-refractivity contribution in [2.75, 3.05) is 5.32 Å². The first-order valence-corrected chi connectivity index (χ1v) is 7.49. The number of nitrogens with zero attached hydrogens (tertiary/aromatic N) is 1. The molecule has 21 heavy (non-hydrogen) atoms. The smallest absolute Gasteiger partial charge is 0.236 e. The highest BCUT2D eigenvalue weighted by atomic mass is 35.5. The van der Waals surface area contributed by atoms with Crippen molar-refractivity contribution in [3.8, 4) is 0 Å². The third kappa shape index (κ3) is 2.66. The van der Waals surface area contributed by atoms with E-state index in [0.717, 1.165) is 30.5 Å². The van der Waals surface area contributed by atoms with Crippen molar-refractivity contribution < 1.29 is 4.79 Å². The van der Waals surface area contributed by atoms with Gasteiger partial charge in [0, 0.05) is 10.7 Å². The van der Waals surface area contributed by atoms with Crippen LogP contribution in [0.25, 0.3) is 0 Å². The molecule has 0 aliphatic heterocycles. The average Bonchev–Trinajstić information content (AvgIpc) is 2.39. The lowest BCUT2D eigenvalue weighted by Gasteiger charge is -2.40. The van der Waals surface area contributed by atoms with E-state index in [9.17, 15) is 4.79 Å². The Labute approximate surface area is 129 Å². The fraction of sp³-hybridized carbons (Fsp3) is 0.294. The molecule has 0 bridgehead atoms. The van der Waals surface area contributed by atoms with Crippen LogP contribution in [-0.2, 0) is 10.2 Å². The van der Waals surface area contributed by atoms with E-state index in [2.05, 4.69) is 10.3 Å². The number of amides is 1. The van der Waals surface area contributed by atoms with Gasteiger partial charge in [0.15, 0.2) is 0 Å². The molecular formula is C17H17ClN2O. The SMILES string of the molecule is Cc1cccc(NC(=O)C2(c3ccc(Cl)cc3)CCC2)n1. The Balaban J connectivity index is 1.85. The fourth-order valence-electron chi connectivity index (χ4n) is 2.79. The molecule has 0 radical (unpaired) electrons. The number of carbonyl (C=O) groups excluding carboxylic acids is 1. The maximum absolute atomic E-state index is 12.7. The largest absolute Gasteiger partial charge is 0.310 e. The zero-order chi connectivity index (χ0) is 14.9. The fourth-order valence-corrected chi connectivity index (χ4v) is 2.92. The Kier molecular flexibility index (Phi) is 3.68. The van der Waals surface area contributed by atoms with Crippen molar-refractivity contribution in [1.29, 1.82) is 0 Å². The molecule has 1 aromatic heterocycles. The van der Waals surface area contributed by atoms with E-state index in [1.807, 2.05) is 49.4 Å². The number of aromatic nitrogens is 1. The van der Waals surface area contributed by atoms with E-state index in [-0.39, 0.29) is 5.91 Å². The Morgan fingerprint density at radius 3 is 2.48 bits per heavy atom. The molecule has 1 aromatic carbocycles. The third-order valence-electron chi connectivity index (χ3n) is 4.17. The molecule has 0 saturated heterocycles. The van der Waals surface area contributed by atoms with Gasteiger partial charge in [0.1, 0.15) is 5.82 Å². The first kappa shape index (κ1) is 14.1. The van der Waals surface area contributed by atoms with Crippen LogP contribution in [0.3, 0.4) is 0 Å². The number of halogens is 1. The van der Waals surface area contributed by atoms with E-state index in [4.69, 9.17) is 11.6 Å². The Bertz CT molecular complexity index is 663. The van der Waals surface area contributed by atoms with Crippen LogP contribution in [0.5, 0.6) is 0 Å². The lowest BCUT2D eigenvalue weighted by molar-refractivity contribution is -0.124. The van der Waals surface area contributed by atoms with Gasteiger partial charge in [0.05, 0.1) is 5.41 Å². The van der Waals surface area contributed by atoms with Crippen LogP contribution >= 0.6 is 11.6 Å². The van der Waals surface area contributed by atoms with Crippen molar-refractivity contribution in [2.45, 2.75) is 31.6 Å². The summed E-state index contributed by atoms with van der Waals surface area (Å²) in [5, 5.41) is 3.64. The number of rotatable bonds is 3. The summed E-state index contributed by atoms with van der Waals surface area (Å²) in [4.78, 5) is 17.1. The van der Waals surface area contributed by atoms with Gasteiger partial charge in [-0.1, -0.05) is 36.2 Å². The third-order valence-corrected chi connectivity index (χ3v) is 4.42. The van der Waals surface area contributed by atoms with E-state index >= 15 is 0 Å². The van der Waals surface area contributed by atoms with Gasteiger partial charge in [-0.05, 0) is 49.6 Å². The zero-order valence-corrected chi connectivity index (χ0v) is 12.7. The van der Waals surface area contributed by atoms with Gasteiger partial charge in [-0.25, -0.2) is 4.98 Å². The van der Waals surface area contributed by atoms with Crippen LogP contribution in [0, 0.1) is 6.92 Å². The normalized spacial score (nSPS) is 16.1. The second-order valence-electron chi connectivity index (χ2n) is 5.56. The standard InChI is InChI=1S/C17H17ClN2O/c1-12-4-2-5-15(19-12)20-16(21)17(10-3-11-17)13-6-8-14(18)9-7-13/h2,4-9H,3,10-11H2,1H3,(H,19,20,21). The van der Waals surface area contributed by atoms with Gasteiger partial charge < -0.3 is 5.32 Å². The molecule has 3 rings (SSSR count). The molecule has 1 saturated carbocycles. The molecule has 1 heterocycles. The minimum absolute atomic E-state index is 0.0224. The molecule has 4 heteroatoms. The second kappa shape index (κ2) is 5.49. The number of nitrogens with one attached hydrogen (secondary N) is 1. The summed E-state index contributed by atoms with van der Waals surface area (Å²) in [6.07, 6.45) is 2.80. The van der Waals surface area contributed by atoms with Gasteiger partial charge in [-0.2, -0.15) is 0 Å². The lowest BCUT2D eigenvalue weighted by atomic mass is 9.64. The Morgan fingerprint density at radius 2 is 1.90 bits per heavy atom. The molecule has 1 aliphatic rings. The van der Waals surface area contributed by atoms with Gasteiger partial charge >= 0.3 is 0 Å². The molecule has 1 amide bonds. The van der Waals surface area contributed by atoms with Crippen molar-refractivity contribution in [2.24, 2.45) is 0 Å². The molecule has 1 N–H and O–H groups in total. The van der Waals surface area contributed by atoms with E-state index in [1.54, 1.807) is 0 Å². The topological polar surface area (TPSA) is 42.0 Å². The van der Waals surface area contributed by atoms with Gasteiger partial charge in [-0.15, -0.1) is 0 Å². The summed E-state index contributed by atoms with van der Waals surface area (Å²) >= 11 is 5.94. The minimum Gasteiger partial charge on any atom is -0.310 e. The Morgan fingerprint density at radius 1 is 1.19 bits per heavy atom. The molecule has 108 valence electrons. The highest BCUT2D eigenvalue weighted by molar-refractivity contribution is 6.30. The molecular weight excluding hydrogens is 284 g/mol. The molecule has 0 atom stereocenters. The first-order valence-electron chi connectivity index (χ1n) is 7.11. The highest BCUT2D eigenvalue weighted by Crippen LogP contribution is 2.44. The summed E-state index contributed by atoms with van der Waals surface area (Å²) in [6.45, 7) is 1.91. The summed E-state index contributed by atoms with van der Waals surface area (Å²) in [6, 6.07) is 13.2. The van der Waals surface area contributed by atoms with Crippen molar-refractivity contribution in [1.82, 2.24) is 4.98 Å². The maximum atomic E-state index is 12.7. The number of benzene rings is 1. The summed E-state index contributed by atoms with van der Waals surface area (Å²) in [5.74, 6) is 0.634. The molecule has 0 spiro atoms. The maximum Gasteiger partial charge on any atom is 0.236 e. The van der Waals surface area contributed by atoms with E-state index < -0.39 is 5.41 Å². The molecule has 1 aliphatic carbocycles. The predicted molar refractivity (Wildman–Crippen MR) is 84.6 cm³/mol. The lowest BCUT2D eigenvalue weighted by Crippen LogP contribution is -2.46. The van der Waals surface area contributed by atoms with Crippen molar-refractivity contribution in [3.05, 3.63) is 58.7 Å². The number of aryl methyl sites for hydroxylation is 1. The molecule has 1 fully saturated rings. The van der Waals surface area contributed by atoms with Crippen LogP contribution in [0.4, 0.5) is 5.82 Å². The van der Waals surface area contributed by atoms with Crippen molar-refractivity contribution in [3.63, 3.8) is 0 Å². The summed E-state index contributed by atoms with van der Waals surface area (Å²) in [5.41, 5.74) is 1.49. The van der Waals surface area contributed by atoms with Crippen LogP contribution < -0.4 is 5.32 Å². The Hall–Kier alpha value is -1.87. The zero-order valence-electron chi connectivity index (χ0n) is 11.9. The van der Waals surface area contributed by atoms with E-state index in [1.165, 1.54) is 0 Å². The molecule has 2 aromatic rings. The quantitative estimate of drug-likeness (QED) is 0.927. The van der Waals surface area contributed by atoms with E-state index in [0.29, 0.717) is 10.8 Å². The highest BCUT2D eigenvalue weighted by Gasteiger charge is 2.45.